The Morgan fingerprint density at radius 2 is 2.20 bits per heavy atom. The molecule has 0 unspecified atom stereocenters. The van der Waals surface area contributed by atoms with Crippen molar-refractivity contribution in [1.29, 1.82) is 0 Å². The number of carboxylic acids is 1. The smallest absolute Gasteiger partial charge is 0.305 e. The van der Waals surface area contributed by atoms with Crippen LogP contribution in [-0.4, -0.2) is 15.6 Å². The number of rotatable bonds is 3. The average Bonchev–Trinajstić information content (AvgIpc) is 2.57. The van der Waals surface area contributed by atoms with E-state index < -0.39 is 5.97 Å². The summed E-state index contributed by atoms with van der Waals surface area (Å²) in [6.45, 7) is 2.57. The van der Waals surface area contributed by atoms with Gasteiger partial charge in [0.05, 0.1) is 6.42 Å². The van der Waals surface area contributed by atoms with Crippen LogP contribution in [0.5, 0.6) is 0 Å². The molecule has 0 bridgehead atoms. The first-order valence-electron chi connectivity index (χ1n) is 4.94. The zero-order valence-electron chi connectivity index (χ0n) is 8.60. The summed E-state index contributed by atoms with van der Waals surface area (Å²) in [5.74, 6) is -0.760. The molecule has 2 rings (SSSR count). The third-order valence-electron chi connectivity index (χ3n) is 2.50. The van der Waals surface area contributed by atoms with Crippen LogP contribution in [0.3, 0.4) is 0 Å². The number of hydrogen-bond donors (Lipinski definition) is 1. The average molecular weight is 203 g/mol. The molecule has 0 amide bonds. The monoisotopic (exact) mass is 203 g/mol. The standard InChI is InChI=1S/C12H13NO2/c1-9-2-3-10-4-6-13(11(10)8-9)7-5-12(14)15/h2-4,6,8H,5,7H2,1H3,(H,14,15). The molecular weight excluding hydrogens is 190 g/mol. The van der Waals surface area contributed by atoms with Gasteiger partial charge in [-0.1, -0.05) is 12.1 Å². The number of aryl methyl sites for hydroxylation is 2. The van der Waals surface area contributed by atoms with Gasteiger partial charge >= 0.3 is 5.97 Å². The minimum Gasteiger partial charge on any atom is -0.481 e. The Bertz CT molecular complexity index is 499. The molecule has 2 aromatic rings. The molecule has 3 nitrogen and oxygen atoms in total. The van der Waals surface area contributed by atoms with Crippen LogP contribution < -0.4 is 0 Å². The lowest BCUT2D eigenvalue weighted by Crippen LogP contribution is -2.03. The van der Waals surface area contributed by atoms with Gasteiger partial charge in [-0.15, -0.1) is 0 Å². The van der Waals surface area contributed by atoms with Crippen LogP contribution in [0.1, 0.15) is 12.0 Å². The van der Waals surface area contributed by atoms with Crippen LogP contribution in [-0.2, 0) is 11.3 Å². The number of nitrogens with zero attached hydrogens (tertiary/aromatic N) is 1. The van der Waals surface area contributed by atoms with Crippen molar-refractivity contribution in [3.05, 3.63) is 36.0 Å². The van der Waals surface area contributed by atoms with E-state index in [1.807, 2.05) is 23.8 Å². The quantitative estimate of drug-likeness (QED) is 0.832. The van der Waals surface area contributed by atoms with E-state index >= 15 is 0 Å². The maximum absolute atomic E-state index is 10.5. The van der Waals surface area contributed by atoms with Crippen LogP contribution in [0.15, 0.2) is 30.5 Å². The largest absolute Gasteiger partial charge is 0.481 e. The van der Waals surface area contributed by atoms with Crippen LogP contribution in [0.2, 0.25) is 0 Å². The van der Waals surface area contributed by atoms with Gasteiger partial charge in [0, 0.05) is 18.3 Å². The van der Waals surface area contributed by atoms with Gasteiger partial charge in [0.25, 0.3) is 0 Å². The van der Waals surface area contributed by atoms with Crippen LogP contribution in [0, 0.1) is 6.92 Å². The summed E-state index contributed by atoms with van der Waals surface area (Å²) in [7, 11) is 0. The van der Waals surface area contributed by atoms with E-state index in [-0.39, 0.29) is 6.42 Å². The molecule has 0 saturated carbocycles. The highest BCUT2D eigenvalue weighted by Gasteiger charge is 2.03. The van der Waals surface area contributed by atoms with Crippen LogP contribution in [0.25, 0.3) is 10.9 Å². The number of fused-ring (bicyclic) bond motifs is 1. The van der Waals surface area contributed by atoms with E-state index in [0.29, 0.717) is 6.54 Å². The fourth-order valence-corrected chi connectivity index (χ4v) is 1.71. The summed E-state index contributed by atoms with van der Waals surface area (Å²) >= 11 is 0. The fourth-order valence-electron chi connectivity index (χ4n) is 1.71. The highest BCUT2D eigenvalue weighted by atomic mass is 16.4. The highest BCUT2D eigenvalue weighted by Crippen LogP contribution is 2.17. The SMILES string of the molecule is Cc1ccc2ccn(CCC(=O)O)c2c1. The van der Waals surface area contributed by atoms with E-state index in [9.17, 15) is 4.79 Å². The van der Waals surface area contributed by atoms with Gasteiger partial charge in [-0.25, -0.2) is 0 Å². The third-order valence-corrected chi connectivity index (χ3v) is 2.50. The molecule has 0 aliphatic carbocycles. The molecule has 1 aromatic carbocycles. The van der Waals surface area contributed by atoms with Crippen molar-refractivity contribution < 1.29 is 9.90 Å². The number of carboxylic acid groups (broad SMARTS) is 1. The normalized spacial score (nSPS) is 10.7. The van der Waals surface area contributed by atoms with E-state index in [4.69, 9.17) is 5.11 Å². The number of hydrogen-bond acceptors (Lipinski definition) is 1. The second kappa shape index (κ2) is 3.77. The van der Waals surface area contributed by atoms with Gasteiger partial charge in [0.2, 0.25) is 0 Å². The molecule has 15 heavy (non-hydrogen) atoms. The molecule has 0 spiro atoms. The van der Waals surface area contributed by atoms with E-state index in [1.54, 1.807) is 0 Å². The molecule has 0 radical (unpaired) electrons. The lowest BCUT2D eigenvalue weighted by atomic mass is 10.2. The Morgan fingerprint density at radius 1 is 1.40 bits per heavy atom. The Kier molecular flexibility index (Phi) is 2.46. The Labute approximate surface area is 87.9 Å². The molecule has 1 aromatic heterocycles. The molecule has 1 N–H and O–H groups in total. The molecule has 0 fully saturated rings. The zero-order valence-corrected chi connectivity index (χ0v) is 8.60. The van der Waals surface area contributed by atoms with Gasteiger partial charge in [-0.3, -0.25) is 4.79 Å². The van der Waals surface area contributed by atoms with Crippen molar-refractivity contribution >= 4 is 16.9 Å². The Hall–Kier alpha value is -1.77. The van der Waals surface area contributed by atoms with E-state index in [2.05, 4.69) is 18.2 Å². The van der Waals surface area contributed by atoms with Crippen molar-refractivity contribution in [1.82, 2.24) is 4.57 Å². The second-order valence-electron chi connectivity index (χ2n) is 3.72. The topological polar surface area (TPSA) is 42.2 Å². The molecule has 0 saturated heterocycles. The molecule has 0 aliphatic rings. The number of aliphatic carboxylic acids is 1. The minimum atomic E-state index is -0.760. The maximum Gasteiger partial charge on any atom is 0.305 e. The maximum atomic E-state index is 10.5. The lowest BCUT2D eigenvalue weighted by Gasteiger charge is -2.03. The number of carbonyl (C=O) groups is 1. The van der Waals surface area contributed by atoms with Crippen molar-refractivity contribution in [2.45, 2.75) is 19.9 Å². The summed E-state index contributed by atoms with van der Waals surface area (Å²) in [5, 5.41) is 9.78. The number of benzene rings is 1. The predicted octanol–water partition coefficient (Wildman–Crippen LogP) is 2.42. The Balaban J connectivity index is 2.35. The van der Waals surface area contributed by atoms with Gasteiger partial charge in [-0.2, -0.15) is 0 Å². The summed E-state index contributed by atoms with van der Waals surface area (Å²) < 4.78 is 1.98. The zero-order chi connectivity index (χ0) is 10.8. The first-order chi connectivity index (χ1) is 7.16. The van der Waals surface area contributed by atoms with Gasteiger partial charge in [0.1, 0.15) is 0 Å². The summed E-state index contributed by atoms with van der Waals surface area (Å²) in [5.41, 5.74) is 2.30. The van der Waals surface area contributed by atoms with E-state index in [1.165, 1.54) is 5.56 Å². The van der Waals surface area contributed by atoms with Crippen LogP contribution >= 0.6 is 0 Å². The summed E-state index contributed by atoms with van der Waals surface area (Å²) in [6, 6.07) is 8.21. The third kappa shape index (κ3) is 2.01. The minimum absolute atomic E-state index is 0.164. The fraction of sp³-hybridized carbons (Fsp3) is 0.250. The molecule has 78 valence electrons. The molecule has 1 heterocycles. The molecular formula is C12H13NO2. The second-order valence-corrected chi connectivity index (χ2v) is 3.72. The summed E-state index contributed by atoms with van der Waals surface area (Å²) in [6.07, 6.45) is 2.10. The van der Waals surface area contributed by atoms with Crippen molar-refractivity contribution in [3.8, 4) is 0 Å². The van der Waals surface area contributed by atoms with Crippen LogP contribution in [0.4, 0.5) is 0 Å². The lowest BCUT2D eigenvalue weighted by molar-refractivity contribution is -0.137. The Morgan fingerprint density at radius 3 is 2.93 bits per heavy atom. The van der Waals surface area contributed by atoms with Gasteiger partial charge in [-0.05, 0) is 30.0 Å². The highest BCUT2D eigenvalue weighted by molar-refractivity contribution is 5.81. The molecule has 0 atom stereocenters. The van der Waals surface area contributed by atoms with E-state index in [0.717, 1.165) is 10.9 Å². The van der Waals surface area contributed by atoms with Gasteiger partial charge in [0.15, 0.2) is 0 Å². The molecule has 0 aliphatic heterocycles. The first kappa shape index (κ1) is 9.77. The number of aromatic nitrogens is 1. The summed E-state index contributed by atoms with van der Waals surface area (Å²) in [4.78, 5) is 10.5. The van der Waals surface area contributed by atoms with Gasteiger partial charge < -0.3 is 9.67 Å². The van der Waals surface area contributed by atoms with Crippen molar-refractivity contribution in [2.24, 2.45) is 0 Å². The van der Waals surface area contributed by atoms with Crippen molar-refractivity contribution in [3.63, 3.8) is 0 Å². The predicted molar refractivity (Wildman–Crippen MR) is 58.9 cm³/mol. The van der Waals surface area contributed by atoms with Crippen molar-refractivity contribution in [2.75, 3.05) is 0 Å². The molecule has 3 heteroatoms. The first-order valence-corrected chi connectivity index (χ1v) is 4.94.